The van der Waals surface area contributed by atoms with Gasteiger partial charge in [-0.05, 0) is 6.07 Å². The van der Waals surface area contributed by atoms with Gasteiger partial charge in [-0.15, -0.1) is 5.10 Å². The second-order valence-corrected chi connectivity index (χ2v) is 5.78. The zero-order chi connectivity index (χ0) is 17.6. The summed E-state index contributed by atoms with van der Waals surface area (Å²) in [5.41, 5.74) is 11.9. The van der Waals surface area contributed by atoms with E-state index in [0.29, 0.717) is 23.9 Å². The van der Waals surface area contributed by atoms with Gasteiger partial charge in [0.05, 0.1) is 6.04 Å². The van der Waals surface area contributed by atoms with E-state index in [4.69, 9.17) is 16.2 Å². The standard InChI is InChI=1S/C15H14FN7O2/c16-8-4-9(5-8)23-14-11(12(17)20-6-21-14)15(22-23)25-10-3-7(13(18)24)1-2-19-10/h1-3,6,8-9H,4-5H2,(H2,18,24)(H2,17,20,21). The van der Waals surface area contributed by atoms with Gasteiger partial charge in [-0.3, -0.25) is 4.79 Å². The highest BCUT2D eigenvalue weighted by atomic mass is 19.1. The zero-order valence-corrected chi connectivity index (χ0v) is 13.0. The van der Waals surface area contributed by atoms with Crippen molar-refractivity contribution in [3.05, 3.63) is 30.2 Å². The van der Waals surface area contributed by atoms with Gasteiger partial charge in [0.15, 0.2) is 5.65 Å². The van der Waals surface area contributed by atoms with E-state index < -0.39 is 12.1 Å². The Kier molecular flexibility index (Phi) is 3.45. The lowest BCUT2D eigenvalue weighted by atomic mass is 9.91. The Hall–Kier alpha value is -3.30. The second-order valence-electron chi connectivity index (χ2n) is 5.78. The number of alkyl halides is 1. The largest absolute Gasteiger partial charge is 0.418 e. The molecule has 0 radical (unpaired) electrons. The molecule has 3 heterocycles. The lowest BCUT2D eigenvalue weighted by molar-refractivity contribution is 0.1000. The Balaban J connectivity index is 1.77. The van der Waals surface area contributed by atoms with Crippen LogP contribution >= 0.6 is 0 Å². The average molecular weight is 343 g/mol. The third-order valence-electron chi connectivity index (χ3n) is 4.11. The molecule has 4 N–H and O–H groups in total. The molecule has 9 nitrogen and oxygen atoms in total. The highest BCUT2D eigenvalue weighted by Gasteiger charge is 2.34. The summed E-state index contributed by atoms with van der Waals surface area (Å²) in [6, 6.07) is 2.75. The second kappa shape index (κ2) is 5.65. The van der Waals surface area contributed by atoms with E-state index in [-0.39, 0.29) is 29.2 Å². The van der Waals surface area contributed by atoms with Crippen molar-refractivity contribution < 1.29 is 13.9 Å². The van der Waals surface area contributed by atoms with Gasteiger partial charge in [0.25, 0.3) is 5.88 Å². The molecule has 0 saturated heterocycles. The molecular weight excluding hydrogens is 329 g/mol. The Morgan fingerprint density at radius 3 is 2.84 bits per heavy atom. The highest BCUT2D eigenvalue weighted by molar-refractivity contribution is 5.93. The zero-order valence-electron chi connectivity index (χ0n) is 13.0. The van der Waals surface area contributed by atoms with Crippen LogP contribution in [0.4, 0.5) is 10.2 Å². The van der Waals surface area contributed by atoms with Crippen molar-refractivity contribution in [3.63, 3.8) is 0 Å². The van der Waals surface area contributed by atoms with Crippen molar-refractivity contribution in [3.8, 4) is 11.8 Å². The summed E-state index contributed by atoms with van der Waals surface area (Å²) in [7, 11) is 0. The first kappa shape index (κ1) is 15.2. The van der Waals surface area contributed by atoms with Gasteiger partial charge in [0, 0.05) is 30.7 Å². The molecular formula is C15H14FN7O2. The maximum absolute atomic E-state index is 13.2. The number of hydrogen-bond donors (Lipinski definition) is 2. The smallest absolute Gasteiger partial charge is 0.253 e. The predicted octanol–water partition coefficient (Wildman–Crippen LogP) is 1.37. The van der Waals surface area contributed by atoms with Crippen molar-refractivity contribution in [2.45, 2.75) is 25.1 Å². The number of primary amides is 1. The van der Waals surface area contributed by atoms with Crippen LogP contribution in [0.2, 0.25) is 0 Å². The first-order valence-corrected chi connectivity index (χ1v) is 7.59. The molecule has 0 unspecified atom stereocenters. The monoisotopic (exact) mass is 343 g/mol. The van der Waals surface area contributed by atoms with Crippen LogP contribution in [0.25, 0.3) is 11.0 Å². The van der Waals surface area contributed by atoms with Crippen molar-refractivity contribution in [2.24, 2.45) is 5.73 Å². The number of ether oxygens (including phenoxy) is 1. The van der Waals surface area contributed by atoms with Gasteiger partial charge in [0.1, 0.15) is 23.7 Å². The number of rotatable bonds is 4. The predicted molar refractivity (Wildman–Crippen MR) is 85.7 cm³/mol. The van der Waals surface area contributed by atoms with E-state index in [0.717, 1.165) is 0 Å². The van der Waals surface area contributed by atoms with Crippen LogP contribution in [-0.2, 0) is 0 Å². The van der Waals surface area contributed by atoms with E-state index in [2.05, 4.69) is 20.1 Å². The number of anilines is 1. The highest BCUT2D eigenvalue weighted by Crippen LogP contribution is 2.39. The normalized spacial score (nSPS) is 19.6. The number of aromatic nitrogens is 5. The summed E-state index contributed by atoms with van der Waals surface area (Å²) in [4.78, 5) is 23.5. The molecule has 0 spiro atoms. The molecule has 0 atom stereocenters. The number of nitrogens with two attached hydrogens (primary N) is 2. The Labute approximate surface area is 140 Å². The van der Waals surface area contributed by atoms with Crippen LogP contribution < -0.4 is 16.2 Å². The third-order valence-corrected chi connectivity index (χ3v) is 4.11. The summed E-state index contributed by atoms with van der Waals surface area (Å²) in [6.07, 6.45) is 2.58. The maximum Gasteiger partial charge on any atom is 0.253 e. The van der Waals surface area contributed by atoms with E-state index in [1.165, 1.54) is 24.7 Å². The number of halogens is 1. The summed E-state index contributed by atoms with van der Waals surface area (Å²) in [6.45, 7) is 0. The summed E-state index contributed by atoms with van der Waals surface area (Å²) in [5, 5.41) is 4.78. The lowest BCUT2D eigenvalue weighted by Crippen LogP contribution is -2.28. The SMILES string of the molecule is NC(=O)c1ccnc(Oc2nn(C3CC(F)C3)c3ncnc(N)c23)c1. The first-order valence-electron chi connectivity index (χ1n) is 7.59. The molecule has 128 valence electrons. The van der Waals surface area contributed by atoms with Crippen LogP contribution in [0.5, 0.6) is 11.8 Å². The van der Waals surface area contributed by atoms with Gasteiger partial charge in [-0.25, -0.2) is 24.0 Å². The molecule has 1 amide bonds. The number of nitrogens with zero attached hydrogens (tertiary/aromatic N) is 5. The fourth-order valence-electron chi connectivity index (χ4n) is 2.73. The number of fused-ring (bicyclic) bond motifs is 1. The Morgan fingerprint density at radius 1 is 1.32 bits per heavy atom. The van der Waals surface area contributed by atoms with E-state index >= 15 is 0 Å². The van der Waals surface area contributed by atoms with E-state index in [1.807, 2.05) is 0 Å². The molecule has 0 aromatic carbocycles. The molecule has 0 aliphatic heterocycles. The molecule has 3 aromatic rings. The summed E-state index contributed by atoms with van der Waals surface area (Å²) in [5.74, 6) is -0.144. The minimum atomic E-state index is -0.846. The molecule has 4 rings (SSSR count). The van der Waals surface area contributed by atoms with Crippen molar-refractivity contribution in [1.82, 2.24) is 24.7 Å². The molecule has 10 heteroatoms. The number of carbonyl (C=O) groups is 1. The average Bonchev–Trinajstić information content (AvgIpc) is 2.91. The number of nitrogen functional groups attached to an aromatic ring is 1. The Morgan fingerprint density at radius 2 is 2.12 bits per heavy atom. The van der Waals surface area contributed by atoms with Crippen molar-refractivity contribution in [1.29, 1.82) is 0 Å². The molecule has 1 aliphatic rings. The summed E-state index contributed by atoms with van der Waals surface area (Å²) >= 11 is 0. The number of hydrogen-bond acceptors (Lipinski definition) is 7. The molecule has 3 aromatic heterocycles. The molecule has 25 heavy (non-hydrogen) atoms. The van der Waals surface area contributed by atoms with E-state index in [9.17, 15) is 9.18 Å². The number of carbonyl (C=O) groups excluding carboxylic acids is 1. The number of amides is 1. The van der Waals surface area contributed by atoms with Crippen molar-refractivity contribution in [2.75, 3.05) is 5.73 Å². The summed E-state index contributed by atoms with van der Waals surface area (Å²) < 4.78 is 20.5. The van der Waals surface area contributed by atoms with Gasteiger partial charge in [0.2, 0.25) is 11.8 Å². The minimum Gasteiger partial charge on any atom is -0.418 e. The topological polar surface area (TPSA) is 135 Å². The number of pyridine rings is 1. The molecule has 0 bridgehead atoms. The van der Waals surface area contributed by atoms with Crippen LogP contribution in [0, 0.1) is 0 Å². The first-order chi connectivity index (χ1) is 12.0. The molecule has 1 fully saturated rings. The maximum atomic E-state index is 13.2. The van der Waals surface area contributed by atoms with Crippen LogP contribution in [0.1, 0.15) is 29.2 Å². The van der Waals surface area contributed by atoms with Gasteiger partial charge < -0.3 is 16.2 Å². The molecule has 1 aliphatic carbocycles. The molecule has 1 saturated carbocycles. The lowest BCUT2D eigenvalue weighted by Gasteiger charge is -2.29. The Bertz CT molecular complexity index is 968. The van der Waals surface area contributed by atoms with Gasteiger partial charge in [-0.1, -0.05) is 0 Å². The van der Waals surface area contributed by atoms with E-state index in [1.54, 1.807) is 4.68 Å². The van der Waals surface area contributed by atoms with Crippen molar-refractivity contribution >= 4 is 22.8 Å². The fourth-order valence-corrected chi connectivity index (χ4v) is 2.73. The van der Waals surface area contributed by atoms with Gasteiger partial charge >= 0.3 is 0 Å². The minimum absolute atomic E-state index is 0.117. The van der Waals surface area contributed by atoms with Crippen LogP contribution in [0.15, 0.2) is 24.7 Å². The van der Waals surface area contributed by atoms with Crippen LogP contribution in [0.3, 0.4) is 0 Å². The third kappa shape index (κ3) is 2.61. The fraction of sp³-hybridized carbons (Fsp3) is 0.267. The van der Waals surface area contributed by atoms with Gasteiger partial charge in [-0.2, -0.15) is 0 Å². The quantitative estimate of drug-likeness (QED) is 0.730. The van der Waals surface area contributed by atoms with Crippen LogP contribution in [-0.4, -0.2) is 36.8 Å².